The zero-order valence-corrected chi connectivity index (χ0v) is 9.04. The average molecular weight is 223 g/mol. The monoisotopic (exact) mass is 222 g/mol. The number of rotatable bonds is 1. The summed E-state index contributed by atoms with van der Waals surface area (Å²) in [5.41, 5.74) is 0.511. The Bertz CT molecular complexity index is 393. The van der Waals surface area contributed by atoms with Crippen LogP contribution >= 0.6 is 11.6 Å². The zero-order chi connectivity index (χ0) is 10.7. The second kappa shape index (κ2) is 4.45. The number of nitriles is 1. The molecular weight excluding hydrogens is 212 g/mol. The first kappa shape index (κ1) is 10.2. The molecule has 78 valence electrons. The van der Waals surface area contributed by atoms with Gasteiger partial charge in [0, 0.05) is 13.1 Å². The van der Waals surface area contributed by atoms with Crippen molar-refractivity contribution in [3.05, 3.63) is 16.8 Å². The van der Waals surface area contributed by atoms with Gasteiger partial charge in [-0.05, 0) is 25.3 Å². The van der Waals surface area contributed by atoms with Crippen molar-refractivity contribution in [1.82, 2.24) is 10.2 Å². The predicted molar refractivity (Wildman–Crippen MR) is 57.8 cm³/mol. The molecule has 0 amide bonds. The molecule has 0 atom stereocenters. The molecule has 1 fully saturated rings. The number of halogens is 1. The van der Waals surface area contributed by atoms with Crippen molar-refractivity contribution < 1.29 is 0 Å². The number of piperidine rings is 1. The Balaban J connectivity index is 2.30. The molecule has 1 aromatic rings. The molecule has 0 bridgehead atoms. The highest BCUT2D eigenvalue weighted by Gasteiger charge is 2.16. The van der Waals surface area contributed by atoms with Crippen molar-refractivity contribution in [1.29, 1.82) is 5.26 Å². The lowest BCUT2D eigenvalue weighted by Crippen LogP contribution is -2.31. The third-order valence-electron chi connectivity index (χ3n) is 2.52. The molecule has 5 heteroatoms. The molecule has 1 aromatic heterocycles. The van der Waals surface area contributed by atoms with Gasteiger partial charge in [-0.3, -0.25) is 0 Å². The summed E-state index contributed by atoms with van der Waals surface area (Å²) in [6.45, 7) is 1.90. The molecule has 0 unspecified atom stereocenters. The van der Waals surface area contributed by atoms with Gasteiger partial charge in [-0.1, -0.05) is 11.6 Å². The van der Waals surface area contributed by atoms with Crippen LogP contribution in [0.3, 0.4) is 0 Å². The summed E-state index contributed by atoms with van der Waals surface area (Å²) in [5.74, 6) is 0.668. The number of nitrogens with zero attached hydrogens (tertiary/aromatic N) is 4. The van der Waals surface area contributed by atoms with Crippen LogP contribution < -0.4 is 4.90 Å². The molecule has 1 saturated heterocycles. The maximum Gasteiger partial charge on any atom is 0.169 e. The molecule has 2 rings (SSSR count). The third-order valence-corrected chi connectivity index (χ3v) is 2.71. The normalized spacial score (nSPS) is 16.1. The Morgan fingerprint density at radius 1 is 1.27 bits per heavy atom. The van der Waals surface area contributed by atoms with Gasteiger partial charge in [0.25, 0.3) is 0 Å². The summed E-state index contributed by atoms with van der Waals surface area (Å²) < 4.78 is 0. The molecule has 0 N–H and O–H groups in total. The van der Waals surface area contributed by atoms with Crippen molar-refractivity contribution in [3.63, 3.8) is 0 Å². The van der Waals surface area contributed by atoms with E-state index in [0.717, 1.165) is 25.9 Å². The minimum absolute atomic E-state index is 0.271. The van der Waals surface area contributed by atoms with Crippen molar-refractivity contribution in [2.45, 2.75) is 19.3 Å². The fraction of sp³-hybridized carbons (Fsp3) is 0.500. The van der Waals surface area contributed by atoms with Crippen molar-refractivity contribution in [2.24, 2.45) is 0 Å². The van der Waals surface area contributed by atoms with Crippen molar-refractivity contribution in [3.8, 4) is 6.07 Å². The van der Waals surface area contributed by atoms with Crippen molar-refractivity contribution in [2.75, 3.05) is 18.0 Å². The second-order valence-electron chi connectivity index (χ2n) is 3.56. The largest absolute Gasteiger partial charge is 0.354 e. The van der Waals surface area contributed by atoms with E-state index in [1.54, 1.807) is 6.07 Å². The van der Waals surface area contributed by atoms with Gasteiger partial charge in [-0.15, -0.1) is 10.2 Å². The highest BCUT2D eigenvalue weighted by atomic mass is 35.5. The summed E-state index contributed by atoms with van der Waals surface area (Å²) >= 11 is 5.69. The van der Waals surface area contributed by atoms with Crippen LogP contribution in [0.2, 0.25) is 5.15 Å². The molecule has 15 heavy (non-hydrogen) atoms. The first-order valence-electron chi connectivity index (χ1n) is 4.99. The Hall–Kier alpha value is -1.34. The Morgan fingerprint density at radius 3 is 2.67 bits per heavy atom. The number of aromatic nitrogens is 2. The number of anilines is 1. The Morgan fingerprint density at radius 2 is 2.00 bits per heavy atom. The van der Waals surface area contributed by atoms with Crippen LogP contribution in [-0.2, 0) is 0 Å². The van der Waals surface area contributed by atoms with E-state index in [-0.39, 0.29) is 5.15 Å². The van der Waals surface area contributed by atoms with Gasteiger partial charge in [0.15, 0.2) is 11.0 Å². The predicted octanol–water partition coefficient (Wildman–Crippen LogP) is 1.99. The first-order valence-corrected chi connectivity index (χ1v) is 5.37. The Labute approximate surface area is 93.5 Å². The highest BCUT2D eigenvalue weighted by molar-refractivity contribution is 6.29. The van der Waals surface area contributed by atoms with Gasteiger partial charge in [0.05, 0.1) is 5.56 Å². The van der Waals surface area contributed by atoms with Crippen LogP contribution in [0.25, 0.3) is 0 Å². The lowest BCUT2D eigenvalue weighted by Gasteiger charge is -2.27. The van der Waals surface area contributed by atoms with Gasteiger partial charge in [-0.25, -0.2) is 0 Å². The lowest BCUT2D eigenvalue weighted by molar-refractivity contribution is 0.570. The van der Waals surface area contributed by atoms with E-state index in [0.29, 0.717) is 11.4 Å². The number of hydrogen-bond acceptors (Lipinski definition) is 4. The van der Waals surface area contributed by atoms with E-state index in [4.69, 9.17) is 16.9 Å². The average Bonchev–Trinajstić information content (AvgIpc) is 2.30. The molecule has 0 spiro atoms. The minimum Gasteiger partial charge on any atom is -0.354 e. The number of hydrogen-bond donors (Lipinski definition) is 0. The molecule has 2 heterocycles. The highest BCUT2D eigenvalue weighted by Crippen LogP contribution is 2.22. The van der Waals surface area contributed by atoms with Crippen LogP contribution in [0, 0.1) is 11.3 Å². The van der Waals surface area contributed by atoms with Crippen LogP contribution in [0.1, 0.15) is 24.8 Å². The van der Waals surface area contributed by atoms with Gasteiger partial charge in [0.1, 0.15) is 6.07 Å². The molecule has 0 aliphatic carbocycles. The molecule has 1 aliphatic heterocycles. The quantitative estimate of drug-likeness (QED) is 0.729. The minimum atomic E-state index is 0.271. The van der Waals surface area contributed by atoms with E-state index < -0.39 is 0 Å². The summed E-state index contributed by atoms with van der Waals surface area (Å²) in [6, 6.07) is 3.67. The van der Waals surface area contributed by atoms with Crippen LogP contribution in [-0.4, -0.2) is 23.3 Å². The van der Waals surface area contributed by atoms with Gasteiger partial charge < -0.3 is 4.90 Å². The Kier molecular flexibility index (Phi) is 3.02. The molecule has 1 aliphatic rings. The lowest BCUT2D eigenvalue weighted by atomic mass is 10.1. The molecule has 0 radical (unpaired) electrons. The summed E-state index contributed by atoms with van der Waals surface area (Å²) in [6.07, 6.45) is 3.55. The third kappa shape index (κ3) is 2.18. The summed E-state index contributed by atoms with van der Waals surface area (Å²) in [4.78, 5) is 2.10. The van der Waals surface area contributed by atoms with E-state index in [1.165, 1.54) is 6.42 Å². The topological polar surface area (TPSA) is 52.8 Å². The van der Waals surface area contributed by atoms with Crippen LogP contribution in [0.15, 0.2) is 6.07 Å². The fourth-order valence-electron chi connectivity index (χ4n) is 1.78. The van der Waals surface area contributed by atoms with E-state index in [1.807, 2.05) is 0 Å². The maximum absolute atomic E-state index is 8.97. The second-order valence-corrected chi connectivity index (χ2v) is 3.95. The maximum atomic E-state index is 8.97. The van der Waals surface area contributed by atoms with Gasteiger partial charge in [0.2, 0.25) is 0 Å². The first-order chi connectivity index (χ1) is 7.31. The van der Waals surface area contributed by atoms with E-state index in [2.05, 4.69) is 21.2 Å². The SMILES string of the molecule is N#Cc1cc(Cl)nnc1N1CCCCC1. The zero-order valence-electron chi connectivity index (χ0n) is 8.28. The molecular formula is C10H11ClN4. The summed E-state index contributed by atoms with van der Waals surface area (Å²) in [5, 5.41) is 17.0. The van der Waals surface area contributed by atoms with Crippen LogP contribution in [0.4, 0.5) is 5.82 Å². The standard InChI is InChI=1S/C10H11ClN4/c11-9-6-8(7-12)10(14-13-9)15-4-2-1-3-5-15/h6H,1-5H2. The molecule has 0 aromatic carbocycles. The summed E-state index contributed by atoms with van der Waals surface area (Å²) in [7, 11) is 0. The van der Waals surface area contributed by atoms with Crippen molar-refractivity contribution >= 4 is 17.4 Å². The smallest absolute Gasteiger partial charge is 0.169 e. The van der Waals surface area contributed by atoms with Gasteiger partial charge in [-0.2, -0.15) is 5.26 Å². The molecule has 0 saturated carbocycles. The molecule has 4 nitrogen and oxygen atoms in total. The van der Waals surface area contributed by atoms with E-state index in [9.17, 15) is 0 Å². The van der Waals surface area contributed by atoms with Crippen LogP contribution in [0.5, 0.6) is 0 Å². The van der Waals surface area contributed by atoms with E-state index >= 15 is 0 Å². The van der Waals surface area contributed by atoms with Gasteiger partial charge >= 0.3 is 0 Å². The fourth-order valence-corrected chi connectivity index (χ4v) is 1.93.